The SMILES string of the molecule is c1ccc(-c2ccc3ccc(-c4ccc5c(ccc6c5c5ccccc5n6-c5cccc6ccccc56)c4)cc3c2)cc1. The van der Waals surface area contributed by atoms with Crippen LogP contribution in [-0.4, -0.2) is 4.57 Å². The van der Waals surface area contributed by atoms with Gasteiger partial charge in [0, 0.05) is 16.2 Å². The third-order valence-corrected chi connectivity index (χ3v) is 8.94. The second kappa shape index (κ2) is 9.44. The number of hydrogen-bond donors (Lipinski definition) is 0. The van der Waals surface area contributed by atoms with Crippen LogP contribution in [0.2, 0.25) is 0 Å². The van der Waals surface area contributed by atoms with Gasteiger partial charge in [-0.25, -0.2) is 0 Å². The van der Waals surface area contributed by atoms with Crippen molar-refractivity contribution in [2.75, 3.05) is 0 Å². The van der Waals surface area contributed by atoms with Crippen LogP contribution in [0.5, 0.6) is 0 Å². The number of aromatic nitrogens is 1. The minimum absolute atomic E-state index is 1.21. The van der Waals surface area contributed by atoms with Gasteiger partial charge in [0.25, 0.3) is 0 Å². The Morgan fingerprint density at radius 3 is 1.77 bits per heavy atom. The molecular formula is C42H27N. The maximum absolute atomic E-state index is 2.44. The normalized spacial score (nSPS) is 11.7. The summed E-state index contributed by atoms with van der Waals surface area (Å²) in [5, 5.41) is 10.1. The van der Waals surface area contributed by atoms with Gasteiger partial charge in [-0.3, -0.25) is 0 Å². The molecule has 0 bridgehead atoms. The van der Waals surface area contributed by atoms with Crippen molar-refractivity contribution < 1.29 is 0 Å². The van der Waals surface area contributed by atoms with E-state index in [9.17, 15) is 0 Å². The number of benzene rings is 8. The molecule has 0 radical (unpaired) electrons. The third kappa shape index (κ3) is 3.79. The summed E-state index contributed by atoms with van der Waals surface area (Å²) < 4.78 is 2.44. The van der Waals surface area contributed by atoms with E-state index in [1.807, 2.05) is 0 Å². The molecule has 0 atom stereocenters. The summed E-state index contributed by atoms with van der Waals surface area (Å²) in [6.45, 7) is 0. The minimum atomic E-state index is 1.21. The number of nitrogens with zero attached hydrogens (tertiary/aromatic N) is 1. The third-order valence-electron chi connectivity index (χ3n) is 8.94. The zero-order chi connectivity index (χ0) is 28.3. The fourth-order valence-electron chi connectivity index (χ4n) is 6.88. The van der Waals surface area contributed by atoms with E-state index in [2.05, 4.69) is 168 Å². The molecule has 1 heterocycles. The molecule has 43 heavy (non-hydrogen) atoms. The molecule has 200 valence electrons. The molecule has 1 heteroatoms. The minimum Gasteiger partial charge on any atom is -0.309 e. The van der Waals surface area contributed by atoms with Gasteiger partial charge < -0.3 is 4.57 Å². The van der Waals surface area contributed by atoms with Gasteiger partial charge in [0.2, 0.25) is 0 Å². The second-order valence-corrected chi connectivity index (χ2v) is 11.4. The summed E-state index contributed by atoms with van der Waals surface area (Å²) in [5.74, 6) is 0. The van der Waals surface area contributed by atoms with Crippen molar-refractivity contribution in [2.24, 2.45) is 0 Å². The fraction of sp³-hybridized carbons (Fsp3) is 0. The van der Waals surface area contributed by atoms with Gasteiger partial charge in [-0.1, -0.05) is 127 Å². The van der Waals surface area contributed by atoms with E-state index in [-0.39, 0.29) is 0 Å². The molecule has 0 unspecified atom stereocenters. The Morgan fingerprint density at radius 2 is 0.930 bits per heavy atom. The van der Waals surface area contributed by atoms with Gasteiger partial charge in [0.15, 0.2) is 0 Å². The standard InChI is InChI=1S/C42H27N/c1-2-9-28(10-3-1)31-19-17-29-18-20-32(27-35(29)26-31)33-21-23-37-34(25-33)22-24-41-42(37)38-14-6-7-15-40(38)43(41)39-16-8-12-30-11-4-5-13-36(30)39/h1-27H. The maximum atomic E-state index is 2.44. The highest BCUT2D eigenvalue weighted by Crippen LogP contribution is 2.39. The van der Waals surface area contributed by atoms with Crippen LogP contribution in [0.4, 0.5) is 0 Å². The van der Waals surface area contributed by atoms with Gasteiger partial charge >= 0.3 is 0 Å². The summed E-state index contributed by atoms with van der Waals surface area (Å²) in [6, 6.07) is 59.8. The first-order chi connectivity index (χ1) is 21.3. The quantitative estimate of drug-likeness (QED) is 0.208. The zero-order valence-electron chi connectivity index (χ0n) is 23.5. The Bertz CT molecular complexity index is 2490. The number of para-hydroxylation sites is 1. The highest BCUT2D eigenvalue weighted by molar-refractivity contribution is 6.22. The van der Waals surface area contributed by atoms with Gasteiger partial charge in [-0.2, -0.15) is 0 Å². The predicted octanol–water partition coefficient (Wildman–Crippen LogP) is 11.6. The predicted molar refractivity (Wildman–Crippen MR) is 184 cm³/mol. The van der Waals surface area contributed by atoms with Gasteiger partial charge in [-0.15, -0.1) is 0 Å². The monoisotopic (exact) mass is 545 g/mol. The molecule has 0 amide bonds. The smallest absolute Gasteiger partial charge is 0.0547 e. The van der Waals surface area contributed by atoms with Crippen LogP contribution in [0.3, 0.4) is 0 Å². The van der Waals surface area contributed by atoms with Crippen molar-refractivity contribution in [3.8, 4) is 27.9 Å². The maximum Gasteiger partial charge on any atom is 0.0547 e. The van der Waals surface area contributed by atoms with Crippen molar-refractivity contribution in [3.63, 3.8) is 0 Å². The van der Waals surface area contributed by atoms with Gasteiger partial charge in [0.05, 0.1) is 16.7 Å². The summed E-state index contributed by atoms with van der Waals surface area (Å²) in [6.07, 6.45) is 0. The first kappa shape index (κ1) is 24.0. The van der Waals surface area contributed by atoms with Crippen molar-refractivity contribution in [3.05, 3.63) is 164 Å². The highest BCUT2D eigenvalue weighted by atomic mass is 15.0. The second-order valence-electron chi connectivity index (χ2n) is 11.4. The van der Waals surface area contributed by atoms with Crippen molar-refractivity contribution in [2.45, 2.75) is 0 Å². The zero-order valence-corrected chi connectivity index (χ0v) is 23.5. The molecule has 0 aliphatic heterocycles. The van der Waals surface area contributed by atoms with E-state index in [0.29, 0.717) is 0 Å². The van der Waals surface area contributed by atoms with Crippen LogP contribution in [0.25, 0.3) is 82.1 Å². The molecule has 0 saturated heterocycles. The molecular weight excluding hydrogens is 518 g/mol. The molecule has 1 aromatic heterocycles. The van der Waals surface area contributed by atoms with Crippen molar-refractivity contribution >= 4 is 54.1 Å². The van der Waals surface area contributed by atoms with E-state index in [1.165, 1.54) is 82.1 Å². The molecule has 1 nitrogen and oxygen atoms in total. The van der Waals surface area contributed by atoms with Crippen LogP contribution in [0, 0.1) is 0 Å². The average molecular weight is 546 g/mol. The fourth-order valence-corrected chi connectivity index (χ4v) is 6.88. The van der Waals surface area contributed by atoms with E-state index in [0.717, 1.165) is 0 Å². The molecule has 0 spiro atoms. The van der Waals surface area contributed by atoms with E-state index in [1.54, 1.807) is 0 Å². The molecule has 9 rings (SSSR count). The Balaban J connectivity index is 1.23. The summed E-state index contributed by atoms with van der Waals surface area (Å²) in [4.78, 5) is 0. The van der Waals surface area contributed by atoms with Gasteiger partial charge in [0.1, 0.15) is 0 Å². The van der Waals surface area contributed by atoms with E-state index < -0.39 is 0 Å². The molecule has 8 aromatic carbocycles. The largest absolute Gasteiger partial charge is 0.309 e. The van der Waals surface area contributed by atoms with E-state index >= 15 is 0 Å². The van der Waals surface area contributed by atoms with Crippen LogP contribution in [0.15, 0.2) is 164 Å². The van der Waals surface area contributed by atoms with Crippen LogP contribution < -0.4 is 0 Å². The summed E-state index contributed by atoms with van der Waals surface area (Å²) >= 11 is 0. The van der Waals surface area contributed by atoms with Crippen molar-refractivity contribution in [1.82, 2.24) is 4.57 Å². The molecule has 0 aliphatic rings. The lowest BCUT2D eigenvalue weighted by Crippen LogP contribution is -1.95. The van der Waals surface area contributed by atoms with Crippen LogP contribution in [-0.2, 0) is 0 Å². The van der Waals surface area contributed by atoms with E-state index in [4.69, 9.17) is 0 Å². The van der Waals surface area contributed by atoms with Crippen LogP contribution in [0.1, 0.15) is 0 Å². The van der Waals surface area contributed by atoms with Crippen LogP contribution >= 0.6 is 0 Å². The first-order valence-electron chi connectivity index (χ1n) is 14.9. The molecule has 0 aliphatic carbocycles. The molecule has 0 N–H and O–H groups in total. The Morgan fingerprint density at radius 1 is 0.302 bits per heavy atom. The molecule has 9 aromatic rings. The first-order valence-corrected chi connectivity index (χ1v) is 14.9. The topological polar surface area (TPSA) is 4.93 Å². The molecule has 0 fully saturated rings. The lowest BCUT2D eigenvalue weighted by molar-refractivity contribution is 1.20. The highest BCUT2D eigenvalue weighted by Gasteiger charge is 2.16. The lowest BCUT2D eigenvalue weighted by Gasteiger charge is -2.12. The summed E-state index contributed by atoms with van der Waals surface area (Å²) in [7, 11) is 0. The number of fused-ring (bicyclic) bond motifs is 7. The Hall–Kier alpha value is -5.66. The Labute approximate surface area is 249 Å². The van der Waals surface area contributed by atoms with Gasteiger partial charge in [-0.05, 0) is 85.6 Å². The number of rotatable bonds is 3. The average Bonchev–Trinajstić information content (AvgIpc) is 3.42. The number of hydrogen-bond acceptors (Lipinski definition) is 0. The Kier molecular flexibility index (Phi) is 5.27. The lowest BCUT2D eigenvalue weighted by atomic mass is 9.95. The molecule has 0 saturated carbocycles. The summed E-state index contributed by atoms with van der Waals surface area (Å²) in [5.41, 5.74) is 8.63. The van der Waals surface area contributed by atoms with Crippen molar-refractivity contribution in [1.29, 1.82) is 0 Å².